The van der Waals surface area contributed by atoms with Gasteiger partial charge in [-0.25, -0.2) is 0 Å². The Morgan fingerprint density at radius 2 is 1.92 bits per heavy atom. The molecule has 0 aromatic heterocycles. The lowest BCUT2D eigenvalue weighted by Crippen LogP contribution is -2.61. The highest BCUT2D eigenvalue weighted by Gasteiger charge is 2.30. The SMILES string of the molecule is CCC1CN[C@H]2CCCC[C@@H]2N1. The first-order valence-electron chi connectivity index (χ1n) is 5.39. The van der Waals surface area contributed by atoms with Crippen molar-refractivity contribution < 1.29 is 0 Å². The van der Waals surface area contributed by atoms with Crippen LogP contribution in [0.3, 0.4) is 0 Å². The number of rotatable bonds is 1. The highest BCUT2D eigenvalue weighted by Crippen LogP contribution is 2.21. The largest absolute Gasteiger partial charge is 0.311 e. The molecule has 0 aromatic rings. The van der Waals surface area contributed by atoms with Crippen LogP contribution in [0.25, 0.3) is 0 Å². The predicted molar refractivity (Wildman–Crippen MR) is 51.3 cm³/mol. The number of piperazine rings is 1. The quantitative estimate of drug-likeness (QED) is 0.616. The smallest absolute Gasteiger partial charge is 0.0224 e. The molecular weight excluding hydrogens is 148 g/mol. The third-order valence-corrected chi connectivity index (χ3v) is 3.33. The summed E-state index contributed by atoms with van der Waals surface area (Å²) >= 11 is 0. The van der Waals surface area contributed by atoms with Gasteiger partial charge in [-0.15, -0.1) is 0 Å². The van der Waals surface area contributed by atoms with Crippen LogP contribution in [0.4, 0.5) is 0 Å². The Balaban J connectivity index is 1.90. The fourth-order valence-corrected chi connectivity index (χ4v) is 2.49. The summed E-state index contributed by atoms with van der Waals surface area (Å²) in [6.45, 7) is 3.44. The van der Waals surface area contributed by atoms with Crippen LogP contribution in [0.5, 0.6) is 0 Å². The van der Waals surface area contributed by atoms with E-state index in [1.54, 1.807) is 0 Å². The van der Waals surface area contributed by atoms with Crippen LogP contribution in [0.1, 0.15) is 39.0 Å². The van der Waals surface area contributed by atoms with Gasteiger partial charge < -0.3 is 10.6 Å². The Bertz CT molecular complexity index is 147. The molecule has 1 saturated heterocycles. The average Bonchev–Trinajstić information content (AvgIpc) is 2.17. The highest BCUT2D eigenvalue weighted by molar-refractivity contribution is 4.93. The Labute approximate surface area is 75.1 Å². The second kappa shape index (κ2) is 3.75. The van der Waals surface area contributed by atoms with E-state index in [1.807, 2.05) is 0 Å². The molecule has 0 amide bonds. The van der Waals surface area contributed by atoms with Crippen molar-refractivity contribution >= 4 is 0 Å². The van der Waals surface area contributed by atoms with Crippen LogP contribution in [-0.4, -0.2) is 24.7 Å². The van der Waals surface area contributed by atoms with Gasteiger partial charge in [-0.2, -0.15) is 0 Å². The van der Waals surface area contributed by atoms with E-state index in [9.17, 15) is 0 Å². The molecule has 3 atom stereocenters. The average molecular weight is 168 g/mol. The molecule has 2 nitrogen and oxygen atoms in total. The first kappa shape index (κ1) is 8.52. The molecule has 2 aliphatic rings. The van der Waals surface area contributed by atoms with E-state index in [0.29, 0.717) is 0 Å². The van der Waals surface area contributed by atoms with Crippen molar-refractivity contribution in [3.05, 3.63) is 0 Å². The van der Waals surface area contributed by atoms with Crippen LogP contribution in [0.15, 0.2) is 0 Å². The van der Waals surface area contributed by atoms with Gasteiger partial charge >= 0.3 is 0 Å². The van der Waals surface area contributed by atoms with Gasteiger partial charge in [0, 0.05) is 24.7 Å². The molecule has 1 aliphatic heterocycles. The molecule has 1 heterocycles. The molecule has 12 heavy (non-hydrogen) atoms. The number of nitrogens with one attached hydrogen (secondary N) is 2. The summed E-state index contributed by atoms with van der Waals surface area (Å²) in [5.74, 6) is 0. The molecule has 70 valence electrons. The zero-order valence-corrected chi connectivity index (χ0v) is 7.97. The summed E-state index contributed by atoms with van der Waals surface area (Å²) in [6, 6.07) is 2.28. The number of hydrogen-bond acceptors (Lipinski definition) is 2. The monoisotopic (exact) mass is 168 g/mol. The standard InChI is InChI=1S/C10H20N2/c1-2-8-7-11-9-5-3-4-6-10(9)12-8/h8-12H,2-7H2,1H3/t8?,9-,10-/m0/s1. The first-order valence-corrected chi connectivity index (χ1v) is 5.39. The summed E-state index contributed by atoms with van der Waals surface area (Å²) in [5, 5.41) is 7.40. The molecule has 2 N–H and O–H groups in total. The fraction of sp³-hybridized carbons (Fsp3) is 1.00. The van der Waals surface area contributed by atoms with Crippen LogP contribution in [0.2, 0.25) is 0 Å². The van der Waals surface area contributed by atoms with E-state index >= 15 is 0 Å². The predicted octanol–water partition coefficient (Wildman–Crippen LogP) is 1.27. The third kappa shape index (κ3) is 1.64. The van der Waals surface area contributed by atoms with Gasteiger partial charge in [-0.1, -0.05) is 19.8 Å². The first-order chi connectivity index (χ1) is 5.90. The molecule has 0 radical (unpaired) electrons. The van der Waals surface area contributed by atoms with Gasteiger partial charge in [0.15, 0.2) is 0 Å². The summed E-state index contributed by atoms with van der Waals surface area (Å²) in [6.07, 6.45) is 6.87. The lowest BCUT2D eigenvalue weighted by molar-refractivity contribution is 0.210. The lowest BCUT2D eigenvalue weighted by Gasteiger charge is -2.41. The van der Waals surface area contributed by atoms with E-state index in [0.717, 1.165) is 18.1 Å². The minimum absolute atomic E-state index is 0.726. The van der Waals surface area contributed by atoms with E-state index in [1.165, 1.54) is 38.6 Å². The molecule has 1 unspecified atom stereocenters. The van der Waals surface area contributed by atoms with Crippen molar-refractivity contribution in [3.8, 4) is 0 Å². The molecule has 2 fully saturated rings. The maximum atomic E-state index is 3.74. The molecule has 2 rings (SSSR count). The highest BCUT2D eigenvalue weighted by atomic mass is 15.1. The maximum Gasteiger partial charge on any atom is 0.0224 e. The summed E-state index contributed by atoms with van der Waals surface area (Å²) in [4.78, 5) is 0. The van der Waals surface area contributed by atoms with Gasteiger partial charge in [-0.3, -0.25) is 0 Å². The van der Waals surface area contributed by atoms with E-state index < -0.39 is 0 Å². The summed E-state index contributed by atoms with van der Waals surface area (Å²) in [7, 11) is 0. The van der Waals surface area contributed by atoms with Crippen LogP contribution in [0, 0.1) is 0 Å². The van der Waals surface area contributed by atoms with Crippen molar-refractivity contribution in [3.63, 3.8) is 0 Å². The molecule has 0 bridgehead atoms. The molecule has 0 spiro atoms. The minimum atomic E-state index is 0.726. The van der Waals surface area contributed by atoms with E-state index in [2.05, 4.69) is 17.6 Å². The van der Waals surface area contributed by atoms with Gasteiger partial charge in [0.1, 0.15) is 0 Å². The molecule has 1 aliphatic carbocycles. The second-order valence-corrected chi connectivity index (χ2v) is 4.18. The van der Waals surface area contributed by atoms with Gasteiger partial charge in [-0.05, 0) is 19.3 Å². The summed E-state index contributed by atoms with van der Waals surface area (Å²) < 4.78 is 0. The molecule has 0 aromatic carbocycles. The topological polar surface area (TPSA) is 24.1 Å². The third-order valence-electron chi connectivity index (χ3n) is 3.33. The normalized spacial score (nSPS) is 42.2. The molecule has 2 heteroatoms. The number of hydrogen-bond donors (Lipinski definition) is 2. The van der Waals surface area contributed by atoms with E-state index in [-0.39, 0.29) is 0 Å². The number of fused-ring (bicyclic) bond motifs is 1. The summed E-state index contributed by atoms with van der Waals surface area (Å²) in [5.41, 5.74) is 0. The van der Waals surface area contributed by atoms with Crippen molar-refractivity contribution in [2.24, 2.45) is 0 Å². The van der Waals surface area contributed by atoms with Gasteiger partial charge in [0.25, 0.3) is 0 Å². The zero-order chi connectivity index (χ0) is 8.39. The van der Waals surface area contributed by atoms with Gasteiger partial charge in [0.05, 0.1) is 0 Å². The Morgan fingerprint density at radius 3 is 2.67 bits per heavy atom. The molecular formula is C10H20N2. The van der Waals surface area contributed by atoms with Crippen molar-refractivity contribution in [1.82, 2.24) is 10.6 Å². The lowest BCUT2D eigenvalue weighted by atomic mass is 9.87. The van der Waals surface area contributed by atoms with Crippen molar-refractivity contribution in [2.45, 2.75) is 57.2 Å². The Hall–Kier alpha value is -0.0800. The zero-order valence-electron chi connectivity index (χ0n) is 7.97. The minimum Gasteiger partial charge on any atom is -0.311 e. The van der Waals surface area contributed by atoms with Crippen molar-refractivity contribution in [1.29, 1.82) is 0 Å². The fourth-order valence-electron chi connectivity index (χ4n) is 2.49. The van der Waals surface area contributed by atoms with Crippen LogP contribution >= 0.6 is 0 Å². The van der Waals surface area contributed by atoms with Crippen molar-refractivity contribution in [2.75, 3.05) is 6.54 Å². The van der Waals surface area contributed by atoms with Crippen LogP contribution < -0.4 is 10.6 Å². The molecule has 1 saturated carbocycles. The Kier molecular flexibility index (Phi) is 2.66. The van der Waals surface area contributed by atoms with E-state index in [4.69, 9.17) is 0 Å². The Morgan fingerprint density at radius 1 is 1.17 bits per heavy atom. The second-order valence-electron chi connectivity index (χ2n) is 4.18. The maximum absolute atomic E-state index is 3.74. The van der Waals surface area contributed by atoms with Gasteiger partial charge in [0.2, 0.25) is 0 Å². The van der Waals surface area contributed by atoms with Crippen LogP contribution in [-0.2, 0) is 0 Å².